The van der Waals surface area contributed by atoms with Gasteiger partial charge in [-0.25, -0.2) is 8.78 Å². The molecule has 0 atom stereocenters. The van der Waals surface area contributed by atoms with E-state index < -0.39 is 5.92 Å². The van der Waals surface area contributed by atoms with Crippen LogP contribution in [-0.4, -0.2) is 0 Å². The lowest BCUT2D eigenvalue weighted by molar-refractivity contribution is -0.0123. The molecule has 0 saturated heterocycles. The summed E-state index contributed by atoms with van der Waals surface area (Å²) < 4.78 is 27.3. The monoisotopic (exact) mass is 219 g/mol. The van der Waals surface area contributed by atoms with Crippen LogP contribution in [0.1, 0.15) is 18.4 Å². The van der Waals surface area contributed by atoms with Crippen LogP contribution in [0.4, 0.5) is 8.78 Å². The number of hydrogen-bond donors (Lipinski definition) is 0. The van der Waals surface area contributed by atoms with E-state index in [2.05, 4.69) is 6.92 Å². The minimum atomic E-state index is -2.77. The van der Waals surface area contributed by atoms with Crippen LogP contribution in [-0.2, 0) is 5.92 Å². The van der Waals surface area contributed by atoms with Crippen molar-refractivity contribution in [3.05, 3.63) is 55.0 Å². The zero-order chi connectivity index (χ0) is 11.6. The Labute approximate surface area is 93.9 Å². The van der Waals surface area contributed by atoms with Gasteiger partial charge < -0.3 is 0 Å². The van der Waals surface area contributed by atoms with Gasteiger partial charge in [0.1, 0.15) is 0 Å². The molecule has 0 nitrogen and oxygen atoms in total. The van der Waals surface area contributed by atoms with Crippen molar-refractivity contribution in [2.75, 3.05) is 0 Å². The third-order valence-corrected chi connectivity index (χ3v) is 2.66. The molecule has 2 aromatic carbocycles. The largest absolute Gasteiger partial charge is 0.273 e. The van der Waals surface area contributed by atoms with Crippen LogP contribution in [0.2, 0.25) is 0 Å². The summed E-state index contributed by atoms with van der Waals surface area (Å²) in [7, 11) is 0. The molecular formula is C14H13F2. The second kappa shape index (κ2) is 4.20. The van der Waals surface area contributed by atoms with Gasteiger partial charge in [0.25, 0.3) is 5.92 Å². The van der Waals surface area contributed by atoms with Crippen molar-refractivity contribution >= 4 is 10.8 Å². The van der Waals surface area contributed by atoms with E-state index in [4.69, 9.17) is 0 Å². The van der Waals surface area contributed by atoms with Crippen molar-refractivity contribution in [3.8, 4) is 0 Å². The molecule has 83 valence electrons. The highest BCUT2D eigenvalue weighted by atomic mass is 19.3. The SMILES string of the molecule is [CH2]CCC(F)(F)c1ccc2ccccc2c1. The summed E-state index contributed by atoms with van der Waals surface area (Å²) in [6.45, 7) is 3.48. The fourth-order valence-electron chi connectivity index (χ4n) is 1.78. The molecule has 0 spiro atoms. The summed E-state index contributed by atoms with van der Waals surface area (Å²) in [5, 5.41) is 1.83. The van der Waals surface area contributed by atoms with Gasteiger partial charge in [0, 0.05) is 12.0 Å². The Bertz CT molecular complexity index is 489. The number of alkyl halides is 2. The van der Waals surface area contributed by atoms with Gasteiger partial charge in [-0.2, -0.15) is 0 Å². The van der Waals surface area contributed by atoms with Gasteiger partial charge in [0.05, 0.1) is 0 Å². The second-order valence-electron chi connectivity index (χ2n) is 3.87. The van der Waals surface area contributed by atoms with Crippen LogP contribution in [0, 0.1) is 6.92 Å². The molecule has 0 amide bonds. The fourth-order valence-corrected chi connectivity index (χ4v) is 1.78. The average molecular weight is 219 g/mol. The first-order valence-electron chi connectivity index (χ1n) is 5.30. The quantitative estimate of drug-likeness (QED) is 0.710. The van der Waals surface area contributed by atoms with Gasteiger partial charge in [0.2, 0.25) is 0 Å². The second-order valence-corrected chi connectivity index (χ2v) is 3.87. The third-order valence-electron chi connectivity index (χ3n) is 2.66. The van der Waals surface area contributed by atoms with Crippen molar-refractivity contribution in [3.63, 3.8) is 0 Å². The minimum absolute atomic E-state index is 0.0786. The zero-order valence-corrected chi connectivity index (χ0v) is 8.92. The molecule has 0 saturated carbocycles. The lowest BCUT2D eigenvalue weighted by Gasteiger charge is -2.16. The van der Waals surface area contributed by atoms with Gasteiger partial charge in [-0.3, -0.25) is 0 Å². The molecule has 0 bridgehead atoms. The van der Waals surface area contributed by atoms with Crippen LogP contribution in [0.15, 0.2) is 42.5 Å². The van der Waals surface area contributed by atoms with Crippen LogP contribution in [0.3, 0.4) is 0 Å². The van der Waals surface area contributed by atoms with E-state index in [-0.39, 0.29) is 18.4 Å². The van der Waals surface area contributed by atoms with Crippen molar-refractivity contribution in [1.29, 1.82) is 0 Å². The van der Waals surface area contributed by atoms with Crippen molar-refractivity contribution < 1.29 is 8.78 Å². The normalized spacial score (nSPS) is 11.9. The predicted molar refractivity (Wildman–Crippen MR) is 62.4 cm³/mol. The van der Waals surface area contributed by atoms with Crippen LogP contribution >= 0.6 is 0 Å². The van der Waals surface area contributed by atoms with Gasteiger partial charge >= 0.3 is 0 Å². The molecule has 0 aliphatic carbocycles. The maximum Gasteiger partial charge on any atom is 0.273 e. The number of fused-ring (bicyclic) bond motifs is 1. The molecule has 0 aromatic heterocycles. The smallest absolute Gasteiger partial charge is 0.201 e. The number of halogens is 2. The van der Waals surface area contributed by atoms with Crippen molar-refractivity contribution in [2.45, 2.75) is 18.8 Å². The summed E-state index contributed by atoms with van der Waals surface area (Å²) in [5.74, 6) is -2.77. The summed E-state index contributed by atoms with van der Waals surface area (Å²) in [4.78, 5) is 0. The molecule has 0 aliphatic heterocycles. The van der Waals surface area contributed by atoms with E-state index in [9.17, 15) is 8.78 Å². The van der Waals surface area contributed by atoms with E-state index >= 15 is 0 Å². The number of rotatable bonds is 3. The first kappa shape index (κ1) is 11.1. The topological polar surface area (TPSA) is 0 Å². The van der Waals surface area contributed by atoms with Crippen LogP contribution < -0.4 is 0 Å². The van der Waals surface area contributed by atoms with E-state index in [1.165, 1.54) is 6.07 Å². The highest BCUT2D eigenvalue weighted by Gasteiger charge is 2.29. The van der Waals surface area contributed by atoms with Gasteiger partial charge in [-0.15, -0.1) is 0 Å². The van der Waals surface area contributed by atoms with Gasteiger partial charge in [-0.1, -0.05) is 43.3 Å². The highest BCUT2D eigenvalue weighted by molar-refractivity contribution is 5.83. The molecule has 0 aliphatic rings. The van der Waals surface area contributed by atoms with Crippen molar-refractivity contribution in [1.82, 2.24) is 0 Å². The lowest BCUT2D eigenvalue weighted by Crippen LogP contribution is -2.12. The Hall–Kier alpha value is -1.44. The molecular weight excluding hydrogens is 206 g/mol. The highest BCUT2D eigenvalue weighted by Crippen LogP contribution is 2.34. The Kier molecular flexibility index (Phi) is 2.90. The molecule has 16 heavy (non-hydrogen) atoms. The van der Waals surface area contributed by atoms with Gasteiger partial charge in [-0.05, 0) is 23.3 Å². The maximum atomic E-state index is 13.6. The third kappa shape index (κ3) is 2.06. The predicted octanol–water partition coefficient (Wildman–Crippen LogP) is 4.55. The standard InChI is InChI=1S/C14H13F2/c1-2-9-14(15,16)13-8-7-11-5-3-4-6-12(11)10-13/h3-8,10H,1-2,9H2. The fraction of sp³-hybridized carbons (Fsp3) is 0.214. The summed E-state index contributed by atoms with van der Waals surface area (Å²) in [6.07, 6.45) is 0.0329. The van der Waals surface area contributed by atoms with Crippen molar-refractivity contribution in [2.24, 2.45) is 0 Å². The minimum Gasteiger partial charge on any atom is -0.201 e. The summed E-state index contributed by atoms with van der Waals surface area (Å²) in [6, 6.07) is 12.3. The molecule has 1 radical (unpaired) electrons. The molecule has 2 heteroatoms. The Balaban J connectivity index is 2.46. The Morgan fingerprint density at radius 2 is 1.69 bits per heavy atom. The molecule has 0 unspecified atom stereocenters. The summed E-state index contributed by atoms with van der Waals surface area (Å²) in [5.41, 5.74) is 0.0786. The van der Waals surface area contributed by atoms with Crippen LogP contribution in [0.5, 0.6) is 0 Å². The molecule has 0 heterocycles. The molecule has 2 aromatic rings. The Morgan fingerprint density at radius 1 is 1.00 bits per heavy atom. The Morgan fingerprint density at radius 3 is 2.38 bits per heavy atom. The van der Waals surface area contributed by atoms with Gasteiger partial charge in [0.15, 0.2) is 0 Å². The van der Waals surface area contributed by atoms with E-state index in [0.29, 0.717) is 0 Å². The molecule has 0 fully saturated rings. The summed E-state index contributed by atoms with van der Waals surface area (Å²) >= 11 is 0. The maximum absolute atomic E-state index is 13.6. The first-order valence-corrected chi connectivity index (χ1v) is 5.30. The zero-order valence-electron chi connectivity index (χ0n) is 8.92. The van der Waals surface area contributed by atoms with E-state index in [1.54, 1.807) is 12.1 Å². The lowest BCUT2D eigenvalue weighted by atomic mass is 10.0. The first-order chi connectivity index (χ1) is 7.63. The van der Waals surface area contributed by atoms with E-state index in [1.807, 2.05) is 24.3 Å². The molecule has 0 N–H and O–H groups in total. The van der Waals surface area contributed by atoms with E-state index in [0.717, 1.165) is 10.8 Å². The number of hydrogen-bond acceptors (Lipinski definition) is 0. The number of benzene rings is 2. The average Bonchev–Trinajstić information content (AvgIpc) is 2.28. The van der Waals surface area contributed by atoms with Crippen LogP contribution in [0.25, 0.3) is 10.8 Å². The molecule has 2 rings (SSSR count).